The minimum absolute atomic E-state index is 0.333. The van der Waals surface area contributed by atoms with Gasteiger partial charge in [0, 0.05) is 17.8 Å². The van der Waals surface area contributed by atoms with Gasteiger partial charge in [-0.3, -0.25) is 9.99 Å². The van der Waals surface area contributed by atoms with Crippen molar-refractivity contribution in [3.05, 3.63) is 65.7 Å². The minimum Gasteiger partial charge on any atom is -0.292 e. The average molecular weight is 286 g/mol. The molecule has 0 aliphatic rings. The van der Waals surface area contributed by atoms with Gasteiger partial charge in [-0.1, -0.05) is 12.1 Å². The second kappa shape index (κ2) is 5.66. The molecule has 0 saturated heterocycles. The summed E-state index contributed by atoms with van der Waals surface area (Å²) in [6.07, 6.45) is 5.29. The summed E-state index contributed by atoms with van der Waals surface area (Å²) in [5.41, 5.74) is 3.90. The lowest BCUT2D eigenvalue weighted by Gasteiger charge is -2.02. The molecule has 1 aromatic carbocycles. The fourth-order valence-electron chi connectivity index (χ4n) is 1.73. The van der Waals surface area contributed by atoms with Crippen LogP contribution >= 0.6 is 11.3 Å². The first-order chi connectivity index (χ1) is 9.84. The molecule has 2 aromatic heterocycles. The number of rotatable bonds is 4. The van der Waals surface area contributed by atoms with Crippen LogP contribution in [0.4, 0.5) is 10.1 Å². The zero-order valence-electron chi connectivity index (χ0n) is 10.4. The monoisotopic (exact) mass is 286 g/mol. The maximum atomic E-state index is 13.4. The second-order valence-electron chi connectivity index (χ2n) is 3.97. The topological polar surface area (TPSA) is 42.2 Å². The van der Waals surface area contributed by atoms with E-state index in [0.717, 1.165) is 10.8 Å². The van der Waals surface area contributed by atoms with Crippen molar-refractivity contribution in [3.8, 4) is 5.13 Å². The van der Waals surface area contributed by atoms with Crippen LogP contribution in [0.5, 0.6) is 0 Å². The molecule has 0 saturated carbocycles. The third kappa shape index (κ3) is 2.60. The highest BCUT2D eigenvalue weighted by molar-refractivity contribution is 7.12. The molecule has 0 radical (unpaired) electrons. The molecule has 4 nitrogen and oxygen atoms in total. The van der Waals surface area contributed by atoms with Crippen molar-refractivity contribution in [2.45, 2.75) is 0 Å². The summed E-state index contributed by atoms with van der Waals surface area (Å²) < 4.78 is 15.3. The lowest BCUT2D eigenvalue weighted by molar-refractivity contribution is 0.631. The van der Waals surface area contributed by atoms with E-state index in [9.17, 15) is 4.39 Å². The van der Waals surface area contributed by atoms with Crippen LogP contribution in [0, 0.1) is 5.82 Å². The number of anilines is 1. The maximum absolute atomic E-state index is 13.4. The van der Waals surface area contributed by atoms with Crippen molar-refractivity contribution in [2.75, 3.05) is 5.43 Å². The predicted molar refractivity (Wildman–Crippen MR) is 79.1 cm³/mol. The fourth-order valence-corrected chi connectivity index (χ4v) is 2.37. The third-order valence-electron chi connectivity index (χ3n) is 2.66. The van der Waals surface area contributed by atoms with E-state index in [2.05, 4.69) is 15.5 Å². The molecule has 0 spiro atoms. The molecule has 0 amide bonds. The quantitative estimate of drug-likeness (QED) is 0.589. The normalized spacial score (nSPS) is 11.1. The van der Waals surface area contributed by atoms with Crippen LogP contribution in [0.25, 0.3) is 5.13 Å². The van der Waals surface area contributed by atoms with Gasteiger partial charge in [0.25, 0.3) is 0 Å². The van der Waals surface area contributed by atoms with E-state index in [4.69, 9.17) is 0 Å². The zero-order chi connectivity index (χ0) is 13.8. The SMILES string of the molecule is Fc1ccccc1N/N=C\c1cccn1-c1nccs1. The van der Waals surface area contributed by atoms with Gasteiger partial charge >= 0.3 is 0 Å². The summed E-state index contributed by atoms with van der Waals surface area (Å²) in [6, 6.07) is 10.2. The van der Waals surface area contributed by atoms with Crippen LogP contribution in [0.15, 0.2) is 59.3 Å². The van der Waals surface area contributed by atoms with E-state index in [1.54, 1.807) is 30.6 Å². The van der Waals surface area contributed by atoms with Crippen molar-refractivity contribution in [2.24, 2.45) is 5.10 Å². The van der Waals surface area contributed by atoms with Crippen LogP contribution < -0.4 is 5.43 Å². The van der Waals surface area contributed by atoms with E-state index in [-0.39, 0.29) is 5.82 Å². The molecule has 0 unspecified atom stereocenters. The van der Waals surface area contributed by atoms with Crippen molar-refractivity contribution in [1.82, 2.24) is 9.55 Å². The number of aromatic nitrogens is 2. The van der Waals surface area contributed by atoms with Crippen molar-refractivity contribution >= 4 is 23.2 Å². The Balaban J connectivity index is 1.77. The summed E-state index contributed by atoms with van der Waals surface area (Å²) in [5, 5.41) is 6.83. The highest BCUT2D eigenvalue weighted by atomic mass is 32.1. The zero-order valence-corrected chi connectivity index (χ0v) is 11.2. The number of benzene rings is 1. The number of hydrazone groups is 1. The largest absolute Gasteiger partial charge is 0.292 e. The van der Waals surface area contributed by atoms with E-state index in [1.807, 2.05) is 28.3 Å². The molecule has 0 aliphatic heterocycles. The Morgan fingerprint density at radius 2 is 2.15 bits per heavy atom. The van der Waals surface area contributed by atoms with Crippen molar-refractivity contribution in [3.63, 3.8) is 0 Å². The molecule has 0 atom stereocenters. The third-order valence-corrected chi connectivity index (χ3v) is 3.43. The molecule has 0 aliphatic carbocycles. The summed E-state index contributed by atoms with van der Waals surface area (Å²) in [5.74, 6) is -0.333. The molecule has 6 heteroatoms. The summed E-state index contributed by atoms with van der Waals surface area (Å²) in [6.45, 7) is 0. The smallest absolute Gasteiger partial charge is 0.193 e. The Bertz CT molecular complexity index is 718. The van der Waals surface area contributed by atoms with E-state index >= 15 is 0 Å². The number of hydrogen-bond acceptors (Lipinski definition) is 4. The Hall–Kier alpha value is -2.47. The molecular weight excluding hydrogens is 275 g/mol. The first kappa shape index (κ1) is 12.6. The van der Waals surface area contributed by atoms with Gasteiger partial charge in [0.2, 0.25) is 0 Å². The maximum Gasteiger partial charge on any atom is 0.193 e. The van der Waals surface area contributed by atoms with E-state index < -0.39 is 0 Å². The van der Waals surface area contributed by atoms with Gasteiger partial charge < -0.3 is 0 Å². The number of halogens is 1. The number of thiazole rings is 1. The van der Waals surface area contributed by atoms with Gasteiger partial charge in [0.05, 0.1) is 17.6 Å². The van der Waals surface area contributed by atoms with Gasteiger partial charge in [-0.15, -0.1) is 11.3 Å². The summed E-state index contributed by atoms with van der Waals surface area (Å²) in [4.78, 5) is 4.24. The first-order valence-corrected chi connectivity index (χ1v) is 6.83. The summed E-state index contributed by atoms with van der Waals surface area (Å²) >= 11 is 1.54. The van der Waals surface area contributed by atoms with Crippen LogP contribution in [0.3, 0.4) is 0 Å². The standard InChI is InChI=1S/C14H11FN4S/c15-12-5-1-2-6-13(12)18-17-10-11-4-3-8-19(11)14-16-7-9-20-14/h1-10,18H/b17-10-. The lowest BCUT2D eigenvalue weighted by Crippen LogP contribution is -1.99. The Labute approximate surface area is 119 Å². The van der Waals surface area contributed by atoms with Crippen molar-refractivity contribution in [1.29, 1.82) is 0 Å². The first-order valence-electron chi connectivity index (χ1n) is 5.95. The molecular formula is C14H11FN4S. The average Bonchev–Trinajstić information content (AvgIpc) is 3.11. The molecule has 100 valence electrons. The molecule has 0 fully saturated rings. The Morgan fingerprint density at radius 3 is 2.95 bits per heavy atom. The minimum atomic E-state index is -0.333. The van der Waals surface area contributed by atoms with Crippen LogP contribution in [0.1, 0.15) is 5.69 Å². The number of nitrogens with one attached hydrogen (secondary N) is 1. The van der Waals surface area contributed by atoms with E-state index in [1.165, 1.54) is 17.4 Å². The highest BCUT2D eigenvalue weighted by Crippen LogP contribution is 2.15. The molecule has 2 heterocycles. The van der Waals surface area contributed by atoms with Crippen molar-refractivity contribution < 1.29 is 4.39 Å². The Morgan fingerprint density at radius 1 is 1.25 bits per heavy atom. The van der Waals surface area contributed by atoms with Gasteiger partial charge in [-0.2, -0.15) is 5.10 Å². The Kier molecular flexibility index (Phi) is 3.56. The lowest BCUT2D eigenvalue weighted by atomic mass is 10.3. The molecule has 0 bridgehead atoms. The van der Waals surface area contributed by atoms with Crippen LogP contribution in [0.2, 0.25) is 0 Å². The highest BCUT2D eigenvalue weighted by Gasteiger charge is 2.03. The summed E-state index contributed by atoms with van der Waals surface area (Å²) in [7, 11) is 0. The van der Waals surface area contributed by atoms with Crippen LogP contribution in [-0.2, 0) is 0 Å². The molecule has 20 heavy (non-hydrogen) atoms. The van der Waals surface area contributed by atoms with Crippen LogP contribution in [-0.4, -0.2) is 15.8 Å². The van der Waals surface area contributed by atoms with Gasteiger partial charge in [-0.05, 0) is 24.3 Å². The predicted octanol–water partition coefficient (Wildman–Crippen LogP) is 3.52. The number of hydrogen-bond donors (Lipinski definition) is 1. The molecule has 3 rings (SSSR count). The van der Waals surface area contributed by atoms with Gasteiger partial charge in [0.15, 0.2) is 5.13 Å². The van der Waals surface area contributed by atoms with E-state index in [0.29, 0.717) is 5.69 Å². The number of para-hydroxylation sites is 1. The molecule has 1 N–H and O–H groups in total. The number of nitrogens with zero attached hydrogens (tertiary/aromatic N) is 3. The van der Waals surface area contributed by atoms with Gasteiger partial charge in [-0.25, -0.2) is 9.37 Å². The fraction of sp³-hybridized carbons (Fsp3) is 0. The molecule has 3 aromatic rings. The second-order valence-corrected chi connectivity index (χ2v) is 4.84. The van der Waals surface area contributed by atoms with Gasteiger partial charge in [0.1, 0.15) is 5.82 Å².